The lowest BCUT2D eigenvalue weighted by atomic mass is 10.2. The van der Waals surface area contributed by atoms with Gasteiger partial charge in [0.1, 0.15) is 23.2 Å². The summed E-state index contributed by atoms with van der Waals surface area (Å²) in [5.41, 5.74) is 1.98. The number of aryl methyl sites for hydroxylation is 1. The van der Waals surface area contributed by atoms with Crippen LogP contribution in [0.25, 0.3) is 17.2 Å². The number of nitriles is 1. The quantitative estimate of drug-likeness (QED) is 0.508. The van der Waals surface area contributed by atoms with E-state index in [0.717, 1.165) is 11.5 Å². The molecule has 30 heavy (non-hydrogen) atoms. The van der Waals surface area contributed by atoms with Gasteiger partial charge in [-0.3, -0.25) is 4.40 Å². The van der Waals surface area contributed by atoms with Crippen LogP contribution in [0.5, 0.6) is 0 Å². The predicted molar refractivity (Wildman–Crippen MR) is 105 cm³/mol. The van der Waals surface area contributed by atoms with Crippen molar-refractivity contribution >= 4 is 11.5 Å². The minimum absolute atomic E-state index is 0.0386. The van der Waals surface area contributed by atoms with Crippen molar-refractivity contribution in [3.8, 4) is 17.6 Å². The summed E-state index contributed by atoms with van der Waals surface area (Å²) < 4.78 is 13.1. The maximum absolute atomic E-state index is 9.20. The van der Waals surface area contributed by atoms with Crippen LogP contribution in [0.3, 0.4) is 0 Å². The molecule has 0 bridgehead atoms. The predicted octanol–water partition coefficient (Wildman–Crippen LogP) is 2.32. The van der Waals surface area contributed by atoms with Crippen LogP contribution < -0.4 is 4.90 Å². The third-order valence-electron chi connectivity index (χ3n) is 4.91. The number of imidazole rings is 1. The van der Waals surface area contributed by atoms with Crippen molar-refractivity contribution in [1.29, 1.82) is 5.26 Å². The van der Waals surface area contributed by atoms with E-state index in [0.29, 0.717) is 41.9 Å². The first-order valence-corrected chi connectivity index (χ1v) is 9.52. The fraction of sp³-hybridized carbons (Fsp3) is 0.300. The first kappa shape index (κ1) is 18.2. The number of anilines is 1. The minimum Gasteiger partial charge on any atom is -0.362 e. The zero-order chi connectivity index (χ0) is 20.7. The molecule has 10 nitrogen and oxygen atoms in total. The number of aromatic nitrogens is 6. The average Bonchev–Trinajstić information content (AvgIpc) is 3.39. The summed E-state index contributed by atoms with van der Waals surface area (Å²) in [6.07, 6.45) is 4.79. The Morgan fingerprint density at radius 3 is 2.87 bits per heavy atom. The normalized spacial score (nSPS) is 19.2. The Bertz CT molecular complexity index is 1260. The summed E-state index contributed by atoms with van der Waals surface area (Å²) >= 11 is 0. The van der Waals surface area contributed by atoms with Gasteiger partial charge in [-0.2, -0.15) is 10.2 Å². The van der Waals surface area contributed by atoms with Gasteiger partial charge in [0.2, 0.25) is 0 Å². The zero-order valence-electron chi connectivity index (χ0n) is 16.4. The van der Waals surface area contributed by atoms with Crippen LogP contribution in [0, 0.1) is 18.3 Å². The van der Waals surface area contributed by atoms with Crippen molar-refractivity contribution in [2.75, 3.05) is 18.0 Å². The molecule has 0 aromatic carbocycles. The standard InChI is InChI=1S/C20H18N8O2/c1-12-9-27(11-16(29-12)20-24-13(2)26-30-20)18-5-6-22-19(25-18)15-8-23-17-4-3-14(7-21)10-28(15)17/h3-6,8,10,12,16H,9,11H2,1-2H3/t12-,16-/m1/s1. The molecule has 4 aromatic rings. The molecule has 5 rings (SSSR count). The highest BCUT2D eigenvalue weighted by Gasteiger charge is 2.31. The summed E-state index contributed by atoms with van der Waals surface area (Å²) in [5.74, 6) is 2.33. The van der Waals surface area contributed by atoms with E-state index in [1.807, 2.05) is 17.4 Å². The largest absolute Gasteiger partial charge is 0.362 e. The van der Waals surface area contributed by atoms with E-state index in [1.165, 1.54) is 0 Å². The molecule has 0 unspecified atom stereocenters. The van der Waals surface area contributed by atoms with Crippen molar-refractivity contribution in [3.63, 3.8) is 0 Å². The van der Waals surface area contributed by atoms with Crippen molar-refractivity contribution in [3.05, 3.63) is 54.1 Å². The third kappa shape index (κ3) is 3.25. The third-order valence-corrected chi connectivity index (χ3v) is 4.91. The number of hydrogen-bond donors (Lipinski definition) is 0. The number of ether oxygens (including phenoxy) is 1. The second-order valence-corrected chi connectivity index (χ2v) is 7.16. The summed E-state index contributed by atoms with van der Waals surface area (Å²) in [5, 5.41) is 13.1. The lowest BCUT2D eigenvalue weighted by Crippen LogP contribution is -2.43. The van der Waals surface area contributed by atoms with Crippen LogP contribution in [0.2, 0.25) is 0 Å². The summed E-state index contributed by atoms with van der Waals surface area (Å²) in [6.45, 7) is 4.99. The van der Waals surface area contributed by atoms with E-state index < -0.39 is 0 Å². The van der Waals surface area contributed by atoms with Crippen LogP contribution in [0.4, 0.5) is 5.82 Å². The van der Waals surface area contributed by atoms with E-state index >= 15 is 0 Å². The first-order chi connectivity index (χ1) is 14.6. The Balaban J connectivity index is 1.48. The molecule has 150 valence electrons. The van der Waals surface area contributed by atoms with Crippen molar-refractivity contribution in [2.45, 2.75) is 26.1 Å². The molecular weight excluding hydrogens is 384 g/mol. The number of fused-ring (bicyclic) bond motifs is 1. The van der Waals surface area contributed by atoms with Crippen molar-refractivity contribution in [2.24, 2.45) is 0 Å². The van der Waals surface area contributed by atoms with Crippen molar-refractivity contribution in [1.82, 2.24) is 29.5 Å². The van der Waals surface area contributed by atoms with Gasteiger partial charge in [-0.25, -0.2) is 15.0 Å². The summed E-state index contributed by atoms with van der Waals surface area (Å²) in [4.78, 5) is 20.0. The lowest BCUT2D eigenvalue weighted by molar-refractivity contribution is -0.0333. The number of nitrogens with zero attached hydrogens (tertiary/aromatic N) is 8. The van der Waals surface area contributed by atoms with Gasteiger partial charge in [0, 0.05) is 18.9 Å². The first-order valence-electron chi connectivity index (χ1n) is 9.52. The molecule has 0 N–H and O–H groups in total. The lowest BCUT2D eigenvalue weighted by Gasteiger charge is -2.36. The summed E-state index contributed by atoms with van der Waals surface area (Å²) in [7, 11) is 0. The molecule has 1 fully saturated rings. The van der Waals surface area contributed by atoms with Crippen LogP contribution in [-0.2, 0) is 4.74 Å². The molecule has 10 heteroatoms. The average molecular weight is 402 g/mol. The summed E-state index contributed by atoms with van der Waals surface area (Å²) in [6, 6.07) is 7.54. The van der Waals surface area contributed by atoms with Gasteiger partial charge in [0.15, 0.2) is 17.8 Å². The molecule has 1 aliphatic heterocycles. The van der Waals surface area contributed by atoms with Crippen LogP contribution >= 0.6 is 0 Å². The van der Waals surface area contributed by atoms with Gasteiger partial charge in [0.25, 0.3) is 5.89 Å². The molecule has 1 saturated heterocycles. The fourth-order valence-electron chi connectivity index (χ4n) is 3.58. The maximum Gasteiger partial charge on any atom is 0.257 e. The highest BCUT2D eigenvalue weighted by atomic mass is 16.5. The molecule has 5 heterocycles. The molecular formula is C20H18N8O2. The Morgan fingerprint density at radius 2 is 2.07 bits per heavy atom. The molecule has 4 aromatic heterocycles. The molecule has 0 amide bonds. The van der Waals surface area contributed by atoms with Crippen molar-refractivity contribution < 1.29 is 9.26 Å². The van der Waals surface area contributed by atoms with Gasteiger partial charge in [-0.05, 0) is 32.0 Å². The SMILES string of the molecule is Cc1noc([C@H]2CN(c3ccnc(-c4cnc5ccc(C#N)cn45)n3)C[C@@H](C)O2)n1. The molecule has 0 saturated carbocycles. The smallest absolute Gasteiger partial charge is 0.257 e. The highest BCUT2D eigenvalue weighted by molar-refractivity contribution is 5.59. The maximum atomic E-state index is 9.20. The fourth-order valence-corrected chi connectivity index (χ4v) is 3.58. The van der Waals surface area contributed by atoms with Gasteiger partial charge < -0.3 is 14.2 Å². The molecule has 1 aliphatic rings. The van der Waals surface area contributed by atoms with E-state index in [4.69, 9.17) is 14.2 Å². The van der Waals surface area contributed by atoms with Gasteiger partial charge in [-0.15, -0.1) is 0 Å². The van der Waals surface area contributed by atoms with E-state index in [-0.39, 0.29) is 12.2 Å². The molecule has 0 aliphatic carbocycles. The minimum atomic E-state index is -0.331. The zero-order valence-corrected chi connectivity index (χ0v) is 16.4. The Kier molecular flexibility index (Phi) is 4.37. The Labute approximate surface area is 171 Å². The second-order valence-electron chi connectivity index (χ2n) is 7.16. The van der Waals surface area contributed by atoms with Crippen LogP contribution in [0.15, 0.2) is 41.3 Å². The van der Waals surface area contributed by atoms with Crippen LogP contribution in [-0.4, -0.2) is 48.7 Å². The molecule has 2 atom stereocenters. The Hall–Kier alpha value is -3.84. The van der Waals surface area contributed by atoms with E-state index in [2.05, 4.69) is 31.1 Å². The van der Waals surface area contributed by atoms with Gasteiger partial charge >= 0.3 is 0 Å². The van der Waals surface area contributed by atoms with E-state index in [1.54, 1.807) is 37.6 Å². The number of rotatable bonds is 3. The van der Waals surface area contributed by atoms with Gasteiger partial charge in [0.05, 0.1) is 24.4 Å². The second kappa shape index (κ2) is 7.20. The highest BCUT2D eigenvalue weighted by Crippen LogP contribution is 2.28. The van der Waals surface area contributed by atoms with Gasteiger partial charge in [-0.1, -0.05) is 5.16 Å². The van der Waals surface area contributed by atoms with Crippen LogP contribution in [0.1, 0.15) is 30.3 Å². The topological polar surface area (TPSA) is 118 Å². The number of hydrogen-bond acceptors (Lipinski definition) is 9. The number of pyridine rings is 1. The molecule has 0 spiro atoms. The monoisotopic (exact) mass is 402 g/mol. The number of morpholine rings is 1. The molecule has 0 radical (unpaired) electrons. The van der Waals surface area contributed by atoms with E-state index in [9.17, 15) is 5.26 Å². The Morgan fingerprint density at radius 1 is 1.17 bits per heavy atom.